The van der Waals surface area contributed by atoms with Gasteiger partial charge in [-0.25, -0.2) is 15.0 Å². The number of halogens is 1. The predicted octanol–water partition coefficient (Wildman–Crippen LogP) is 4.04. The minimum absolute atomic E-state index is 0.589. The lowest BCUT2D eigenvalue weighted by molar-refractivity contribution is 0.0699. The van der Waals surface area contributed by atoms with Crippen LogP contribution in [0.25, 0.3) is 22.6 Å². The summed E-state index contributed by atoms with van der Waals surface area (Å²) in [6.07, 6.45) is 7.66. The Morgan fingerprint density at radius 3 is 2.85 bits per heavy atom. The van der Waals surface area contributed by atoms with Crippen molar-refractivity contribution in [3.63, 3.8) is 0 Å². The fraction of sp³-hybridized carbons (Fsp3) is 0.350. The molecule has 1 saturated heterocycles. The molecule has 1 aliphatic rings. The Kier molecular flexibility index (Phi) is 5.36. The molecule has 3 aromatic rings. The molecule has 1 fully saturated rings. The van der Waals surface area contributed by atoms with Gasteiger partial charge in [-0.2, -0.15) is 0 Å². The van der Waals surface area contributed by atoms with Gasteiger partial charge in [0.25, 0.3) is 0 Å². The summed E-state index contributed by atoms with van der Waals surface area (Å²) >= 11 is 6.19. The third kappa shape index (κ3) is 4.12. The first-order valence-electron chi connectivity index (χ1n) is 9.13. The molecule has 3 heterocycles. The first-order valence-corrected chi connectivity index (χ1v) is 9.51. The molecule has 0 unspecified atom stereocenters. The van der Waals surface area contributed by atoms with E-state index in [1.54, 1.807) is 6.20 Å². The third-order valence-electron chi connectivity index (χ3n) is 4.85. The van der Waals surface area contributed by atoms with Crippen molar-refractivity contribution in [2.45, 2.75) is 12.8 Å². The number of benzene rings is 1. The predicted molar refractivity (Wildman–Crippen MR) is 107 cm³/mol. The summed E-state index contributed by atoms with van der Waals surface area (Å²) in [5, 5.41) is 4.07. The molecule has 0 radical (unpaired) electrons. The van der Waals surface area contributed by atoms with Gasteiger partial charge in [-0.3, -0.25) is 0 Å². The van der Waals surface area contributed by atoms with E-state index in [9.17, 15) is 0 Å². The van der Waals surface area contributed by atoms with E-state index in [4.69, 9.17) is 21.3 Å². The Balaban J connectivity index is 1.66. The molecule has 4 rings (SSSR count). The molecule has 0 amide bonds. The van der Waals surface area contributed by atoms with Crippen molar-refractivity contribution in [3.05, 3.63) is 47.9 Å². The third-order valence-corrected chi connectivity index (χ3v) is 5.08. The molecule has 0 bridgehead atoms. The maximum atomic E-state index is 6.19. The molecule has 1 aromatic carbocycles. The fourth-order valence-electron chi connectivity index (χ4n) is 3.28. The Morgan fingerprint density at radius 2 is 2.11 bits per heavy atom. The van der Waals surface area contributed by atoms with Crippen molar-refractivity contribution in [2.75, 3.05) is 25.1 Å². The van der Waals surface area contributed by atoms with Crippen LogP contribution < -0.4 is 5.32 Å². The zero-order chi connectivity index (χ0) is 18.6. The van der Waals surface area contributed by atoms with Crippen LogP contribution in [0.1, 0.15) is 12.8 Å². The van der Waals surface area contributed by atoms with Gasteiger partial charge in [0.05, 0.1) is 0 Å². The topological polar surface area (TPSA) is 64.9 Å². The van der Waals surface area contributed by atoms with E-state index >= 15 is 0 Å². The lowest BCUT2D eigenvalue weighted by Crippen LogP contribution is -2.23. The molecule has 7 heteroatoms. The fourth-order valence-corrected chi connectivity index (χ4v) is 3.47. The molecule has 140 valence electrons. The number of aryl methyl sites for hydroxylation is 1. The number of anilines is 1. The van der Waals surface area contributed by atoms with E-state index in [1.165, 1.54) is 0 Å². The average molecular weight is 384 g/mol. The van der Waals surface area contributed by atoms with Gasteiger partial charge in [0.2, 0.25) is 5.95 Å². The number of ether oxygens (including phenoxy) is 1. The zero-order valence-electron chi connectivity index (χ0n) is 15.2. The summed E-state index contributed by atoms with van der Waals surface area (Å²) in [6.45, 7) is 2.51. The number of rotatable bonds is 5. The summed E-state index contributed by atoms with van der Waals surface area (Å²) in [4.78, 5) is 13.8. The Labute approximate surface area is 163 Å². The van der Waals surface area contributed by atoms with Crippen LogP contribution in [-0.4, -0.2) is 39.3 Å². The maximum Gasteiger partial charge on any atom is 0.223 e. The second-order valence-corrected chi connectivity index (χ2v) is 7.20. The summed E-state index contributed by atoms with van der Waals surface area (Å²) in [7, 11) is 1.96. The summed E-state index contributed by atoms with van der Waals surface area (Å²) < 4.78 is 7.38. The quantitative estimate of drug-likeness (QED) is 0.720. The van der Waals surface area contributed by atoms with Crippen molar-refractivity contribution in [1.29, 1.82) is 0 Å². The summed E-state index contributed by atoms with van der Waals surface area (Å²) in [6, 6.07) is 7.71. The second kappa shape index (κ2) is 8.06. The summed E-state index contributed by atoms with van der Waals surface area (Å²) in [5.41, 5.74) is 2.66. The van der Waals surface area contributed by atoms with Crippen LogP contribution in [0.4, 0.5) is 5.95 Å². The van der Waals surface area contributed by atoms with Crippen molar-refractivity contribution >= 4 is 17.5 Å². The van der Waals surface area contributed by atoms with Crippen LogP contribution in [0.5, 0.6) is 0 Å². The number of imidazole rings is 1. The van der Waals surface area contributed by atoms with Crippen LogP contribution in [0.2, 0.25) is 5.02 Å². The van der Waals surface area contributed by atoms with Gasteiger partial charge in [0.1, 0.15) is 5.69 Å². The number of aromatic nitrogens is 4. The first kappa shape index (κ1) is 17.9. The second-order valence-electron chi connectivity index (χ2n) is 6.76. The molecule has 1 aliphatic heterocycles. The minimum Gasteiger partial charge on any atom is -0.381 e. The molecular formula is C20H22ClN5O. The number of nitrogens with one attached hydrogen (secondary N) is 1. The molecule has 0 atom stereocenters. The normalized spacial score (nSPS) is 15.0. The molecule has 0 spiro atoms. The molecule has 6 nitrogen and oxygen atoms in total. The van der Waals surface area contributed by atoms with E-state index in [2.05, 4.69) is 15.3 Å². The smallest absolute Gasteiger partial charge is 0.223 e. The van der Waals surface area contributed by atoms with Crippen LogP contribution in [0.3, 0.4) is 0 Å². The number of nitrogens with zero attached hydrogens (tertiary/aromatic N) is 4. The Morgan fingerprint density at radius 1 is 1.26 bits per heavy atom. The lowest BCUT2D eigenvalue weighted by atomic mass is 10.0. The van der Waals surface area contributed by atoms with Gasteiger partial charge in [-0.15, -0.1) is 0 Å². The zero-order valence-corrected chi connectivity index (χ0v) is 16.0. The van der Waals surface area contributed by atoms with E-state index < -0.39 is 0 Å². The SMILES string of the molecule is Cn1ccnc1-c1nc(NCC2CCOCC2)ncc1-c1cccc(Cl)c1. The molecule has 0 aliphatic carbocycles. The van der Waals surface area contributed by atoms with Gasteiger partial charge in [0.15, 0.2) is 5.82 Å². The van der Waals surface area contributed by atoms with Crippen molar-refractivity contribution in [2.24, 2.45) is 13.0 Å². The van der Waals surface area contributed by atoms with E-state index in [-0.39, 0.29) is 0 Å². The Hall–Kier alpha value is -2.44. The molecular weight excluding hydrogens is 362 g/mol. The summed E-state index contributed by atoms with van der Waals surface area (Å²) in [5.74, 6) is 2.00. The molecule has 27 heavy (non-hydrogen) atoms. The maximum absolute atomic E-state index is 6.19. The van der Waals surface area contributed by atoms with Crippen molar-refractivity contribution < 1.29 is 4.74 Å². The van der Waals surface area contributed by atoms with E-state index in [1.807, 2.05) is 48.3 Å². The molecule has 1 N–H and O–H groups in total. The van der Waals surface area contributed by atoms with Gasteiger partial charge < -0.3 is 14.6 Å². The van der Waals surface area contributed by atoms with Gasteiger partial charge in [0, 0.05) is 56.0 Å². The van der Waals surface area contributed by atoms with E-state index in [0.29, 0.717) is 16.9 Å². The van der Waals surface area contributed by atoms with Crippen LogP contribution in [0, 0.1) is 5.92 Å². The van der Waals surface area contributed by atoms with Crippen molar-refractivity contribution in [1.82, 2.24) is 19.5 Å². The van der Waals surface area contributed by atoms with Gasteiger partial charge >= 0.3 is 0 Å². The standard InChI is InChI=1S/C20H22ClN5O/c1-26-8-7-22-19(26)18-17(15-3-2-4-16(21)11-15)13-24-20(25-18)23-12-14-5-9-27-10-6-14/h2-4,7-8,11,13-14H,5-6,9-10,12H2,1H3,(H,23,24,25). The molecule has 0 saturated carbocycles. The number of hydrogen-bond acceptors (Lipinski definition) is 5. The van der Waals surface area contributed by atoms with E-state index in [0.717, 1.165) is 55.2 Å². The highest BCUT2D eigenvalue weighted by Crippen LogP contribution is 2.31. The largest absolute Gasteiger partial charge is 0.381 e. The van der Waals surface area contributed by atoms with Gasteiger partial charge in [-0.1, -0.05) is 23.7 Å². The average Bonchev–Trinajstić information content (AvgIpc) is 3.13. The Bertz CT molecular complexity index is 920. The highest BCUT2D eigenvalue weighted by molar-refractivity contribution is 6.30. The number of hydrogen-bond donors (Lipinski definition) is 1. The minimum atomic E-state index is 0.589. The highest BCUT2D eigenvalue weighted by Gasteiger charge is 2.17. The first-order chi connectivity index (χ1) is 13.2. The van der Waals surface area contributed by atoms with Gasteiger partial charge in [-0.05, 0) is 36.5 Å². The molecule has 2 aromatic heterocycles. The lowest BCUT2D eigenvalue weighted by Gasteiger charge is -2.22. The van der Waals surface area contributed by atoms with Crippen LogP contribution >= 0.6 is 11.6 Å². The van der Waals surface area contributed by atoms with Crippen molar-refractivity contribution in [3.8, 4) is 22.6 Å². The highest BCUT2D eigenvalue weighted by atomic mass is 35.5. The van der Waals surface area contributed by atoms with Crippen LogP contribution in [-0.2, 0) is 11.8 Å². The van der Waals surface area contributed by atoms with Crippen LogP contribution in [0.15, 0.2) is 42.9 Å². The monoisotopic (exact) mass is 383 g/mol.